The molecule has 0 saturated heterocycles. The summed E-state index contributed by atoms with van der Waals surface area (Å²) >= 11 is 0. The second-order valence-electron chi connectivity index (χ2n) is 6.61. The molecule has 0 unspecified atom stereocenters. The van der Waals surface area contributed by atoms with E-state index in [2.05, 4.69) is 20.8 Å². The van der Waals surface area contributed by atoms with Gasteiger partial charge in [0.25, 0.3) is 0 Å². The maximum absolute atomic E-state index is 12.2. The van der Waals surface area contributed by atoms with Gasteiger partial charge in [-0.2, -0.15) is 4.98 Å². The molecule has 1 aromatic rings. The number of aromatic nitrogens is 2. The number of aliphatic hydroxyl groups excluding tert-OH is 1. The third-order valence-electron chi connectivity index (χ3n) is 4.08. The molecule has 0 aliphatic heterocycles. The van der Waals surface area contributed by atoms with Crippen LogP contribution in [0.2, 0.25) is 0 Å². The van der Waals surface area contributed by atoms with Gasteiger partial charge in [-0.05, 0) is 32.7 Å². The predicted molar refractivity (Wildman–Crippen MR) is 100 cm³/mol. The van der Waals surface area contributed by atoms with Gasteiger partial charge in [-0.25, -0.2) is 9.59 Å². The molecule has 0 spiro atoms. The number of amides is 3. The molecule has 164 valence electrons. The number of rotatable bonds is 13. The highest BCUT2D eigenvalue weighted by atomic mass is 16.5. The number of carbonyl (C=O) groups excluding carboxylic acids is 2. The first-order valence-electron chi connectivity index (χ1n) is 9.21. The molecule has 1 aromatic heterocycles. The van der Waals surface area contributed by atoms with Crippen molar-refractivity contribution in [2.45, 2.75) is 63.3 Å². The molecule has 4 atom stereocenters. The summed E-state index contributed by atoms with van der Waals surface area (Å²) in [4.78, 5) is 38.6. The van der Waals surface area contributed by atoms with Crippen LogP contribution in [0.5, 0.6) is 0 Å². The molecular weight excluding hydrogens is 386 g/mol. The van der Waals surface area contributed by atoms with Crippen molar-refractivity contribution in [3.63, 3.8) is 0 Å². The van der Waals surface area contributed by atoms with Gasteiger partial charge >= 0.3 is 12.0 Å². The first kappa shape index (κ1) is 24.3. The molecule has 0 saturated carbocycles. The van der Waals surface area contributed by atoms with Crippen molar-refractivity contribution in [2.24, 2.45) is 17.2 Å². The number of unbranched alkanes of at least 4 members (excludes halogenated alkanes) is 1. The van der Waals surface area contributed by atoms with E-state index in [-0.39, 0.29) is 24.6 Å². The van der Waals surface area contributed by atoms with E-state index in [1.807, 2.05) is 0 Å². The Balaban J connectivity index is 2.86. The van der Waals surface area contributed by atoms with Crippen molar-refractivity contribution in [2.75, 3.05) is 6.54 Å². The molecule has 13 heteroatoms. The number of urea groups is 1. The monoisotopic (exact) mass is 415 g/mol. The third-order valence-corrected chi connectivity index (χ3v) is 4.08. The first-order chi connectivity index (χ1) is 13.6. The largest absolute Gasteiger partial charge is 0.480 e. The zero-order valence-electron chi connectivity index (χ0n) is 16.2. The number of nitrogens with one attached hydrogen (secondary N) is 2. The maximum atomic E-state index is 12.2. The van der Waals surface area contributed by atoms with Crippen molar-refractivity contribution < 1.29 is 29.1 Å². The Morgan fingerprint density at radius 2 is 1.90 bits per heavy atom. The van der Waals surface area contributed by atoms with Crippen LogP contribution in [0.15, 0.2) is 4.52 Å². The van der Waals surface area contributed by atoms with E-state index in [1.54, 1.807) is 0 Å². The molecule has 0 aliphatic rings. The Bertz CT molecular complexity index is 680. The minimum Gasteiger partial charge on any atom is -0.480 e. The summed E-state index contributed by atoms with van der Waals surface area (Å²) in [6.07, 6.45) is 0.788. The highest BCUT2D eigenvalue weighted by molar-refractivity contribution is 5.83. The SMILES string of the molecule is C[C@@H](O)[C@H](NC(=O)N[C@@H](CCC(N)=O)c1nc([C@@H](N)CCCCN)no1)C(=O)O. The lowest BCUT2D eigenvalue weighted by Crippen LogP contribution is -2.51. The summed E-state index contributed by atoms with van der Waals surface area (Å²) in [6, 6.07) is -3.83. The van der Waals surface area contributed by atoms with Crippen molar-refractivity contribution in [1.29, 1.82) is 0 Å². The predicted octanol–water partition coefficient (Wildman–Crippen LogP) is -1.36. The Labute approximate surface area is 167 Å². The summed E-state index contributed by atoms with van der Waals surface area (Å²) in [5.74, 6) is -1.79. The van der Waals surface area contributed by atoms with Gasteiger partial charge in [0.2, 0.25) is 11.8 Å². The highest BCUT2D eigenvalue weighted by Gasteiger charge is 2.28. The van der Waals surface area contributed by atoms with Crippen LogP contribution < -0.4 is 27.8 Å². The fourth-order valence-electron chi connectivity index (χ4n) is 2.45. The van der Waals surface area contributed by atoms with Crippen LogP contribution in [0.25, 0.3) is 0 Å². The zero-order chi connectivity index (χ0) is 22.0. The zero-order valence-corrected chi connectivity index (χ0v) is 16.2. The normalized spacial score (nSPS) is 15.2. The minimum absolute atomic E-state index is 0.00500. The molecule has 29 heavy (non-hydrogen) atoms. The molecule has 10 N–H and O–H groups in total. The van der Waals surface area contributed by atoms with E-state index in [0.717, 1.165) is 12.8 Å². The van der Waals surface area contributed by atoms with Gasteiger partial charge < -0.3 is 42.6 Å². The van der Waals surface area contributed by atoms with Gasteiger partial charge in [-0.15, -0.1) is 0 Å². The molecule has 0 fully saturated rings. The average Bonchev–Trinajstić information content (AvgIpc) is 3.12. The van der Waals surface area contributed by atoms with E-state index in [9.17, 15) is 19.5 Å². The van der Waals surface area contributed by atoms with Crippen LogP contribution in [0.3, 0.4) is 0 Å². The molecule has 0 aromatic carbocycles. The number of carbonyl (C=O) groups is 3. The van der Waals surface area contributed by atoms with Crippen LogP contribution in [0.1, 0.15) is 62.8 Å². The number of hydrogen-bond donors (Lipinski definition) is 7. The van der Waals surface area contributed by atoms with Crippen molar-refractivity contribution in [1.82, 2.24) is 20.8 Å². The van der Waals surface area contributed by atoms with Crippen molar-refractivity contribution in [3.8, 4) is 0 Å². The summed E-state index contributed by atoms with van der Waals surface area (Å²) in [5.41, 5.74) is 16.6. The lowest BCUT2D eigenvalue weighted by atomic mass is 10.1. The Morgan fingerprint density at radius 3 is 2.45 bits per heavy atom. The number of primary amides is 1. The molecule has 0 bridgehead atoms. The van der Waals surface area contributed by atoms with Gasteiger partial charge in [-0.1, -0.05) is 11.6 Å². The van der Waals surface area contributed by atoms with Crippen molar-refractivity contribution >= 4 is 17.9 Å². The van der Waals surface area contributed by atoms with Gasteiger partial charge in [0.05, 0.1) is 12.1 Å². The Morgan fingerprint density at radius 1 is 1.21 bits per heavy atom. The molecule has 0 radical (unpaired) electrons. The van der Waals surface area contributed by atoms with Crippen LogP contribution in [0, 0.1) is 0 Å². The standard InChI is InChI=1S/C16H29N7O6/c1-8(24)12(15(26)27)21-16(28)20-10(5-6-11(19)25)14-22-13(23-29-14)9(18)4-2-3-7-17/h8-10,12,24H,2-7,17-18H2,1H3,(H2,19,25)(H,26,27)(H2,20,21,28)/t8-,9+,10+,12+/m1/s1. The number of hydrogen-bond acceptors (Lipinski definition) is 9. The lowest BCUT2D eigenvalue weighted by Gasteiger charge is -2.20. The number of carboxylic acid groups (broad SMARTS) is 1. The van der Waals surface area contributed by atoms with Crippen LogP contribution in [0.4, 0.5) is 4.79 Å². The fourth-order valence-corrected chi connectivity index (χ4v) is 2.45. The van der Waals surface area contributed by atoms with E-state index < -0.39 is 42.1 Å². The topological polar surface area (TPSA) is 233 Å². The third kappa shape index (κ3) is 8.41. The smallest absolute Gasteiger partial charge is 0.328 e. The van der Waals surface area contributed by atoms with Crippen LogP contribution in [-0.2, 0) is 9.59 Å². The maximum Gasteiger partial charge on any atom is 0.328 e. The van der Waals surface area contributed by atoms with Crippen LogP contribution in [-0.4, -0.2) is 57.0 Å². The van der Waals surface area contributed by atoms with Gasteiger partial charge in [0, 0.05) is 6.42 Å². The van der Waals surface area contributed by atoms with E-state index in [0.29, 0.717) is 13.0 Å². The molecule has 13 nitrogen and oxygen atoms in total. The summed E-state index contributed by atoms with van der Waals surface area (Å²) in [7, 11) is 0. The Hall–Kier alpha value is -2.77. The Kier molecular flexibility index (Phi) is 9.99. The second kappa shape index (κ2) is 11.9. The number of nitrogens with two attached hydrogens (primary N) is 3. The van der Waals surface area contributed by atoms with E-state index in [1.165, 1.54) is 6.92 Å². The number of carboxylic acids is 1. The van der Waals surface area contributed by atoms with E-state index >= 15 is 0 Å². The van der Waals surface area contributed by atoms with Gasteiger partial charge in [-0.3, -0.25) is 4.79 Å². The molecule has 0 aliphatic carbocycles. The number of aliphatic hydroxyl groups is 1. The minimum atomic E-state index is -1.53. The molecule has 1 heterocycles. The first-order valence-corrected chi connectivity index (χ1v) is 9.21. The second-order valence-corrected chi connectivity index (χ2v) is 6.61. The van der Waals surface area contributed by atoms with Gasteiger partial charge in [0.15, 0.2) is 11.9 Å². The highest BCUT2D eigenvalue weighted by Crippen LogP contribution is 2.20. The fraction of sp³-hybridized carbons (Fsp3) is 0.688. The molecule has 3 amide bonds. The number of nitrogens with zero attached hydrogens (tertiary/aromatic N) is 2. The molecule has 1 rings (SSSR count). The average molecular weight is 415 g/mol. The van der Waals surface area contributed by atoms with Crippen LogP contribution >= 0.6 is 0 Å². The lowest BCUT2D eigenvalue weighted by molar-refractivity contribution is -0.141. The summed E-state index contributed by atoms with van der Waals surface area (Å²) < 4.78 is 5.16. The summed E-state index contributed by atoms with van der Waals surface area (Å²) in [5, 5.41) is 26.9. The van der Waals surface area contributed by atoms with Crippen molar-refractivity contribution in [3.05, 3.63) is 11.7 Å². The van der Waals surface area contributed by atoms with E-state index in [4.69, 9.17) is 26.8 Å². The summed E-state index contributed by atoms with van der Waals surface area (Å²) in [6.45, 7) is 1.77. The number of aliphatic carboxylic acids is 1. The molecular formula is C16H29N7O6. The van der Waals surface area contributed by atoms with Gasteiger partial charge in [0.1, 0.15) is 6.04 Å². The quantitative estimate of drug-likeness (QED) is 0.187.